The van der Waals surface area contributed by atoms with Gasteiger partial charge in [-0.05, 0) is 47.9 Å². The summed E-state index contributed by atoms with van der Waals surface area (Å²) in [4.78, 5) is 14.2. The molecule has 0 radical (unpaired) electrons. The van der Waals surface area contributed by atoms with Crippen LogP contribution in [0.15, 0.2) is 48.5 Å². The third kappa shape index (κ3) is 5.18. The maximum Gasteiger partial charge on any atom is 0.246 e. The number of hydrogen-bond acceptors (Lipinski definition) is 3. The molecule has 0 bridgehead atoms. The van der Waals surface area contributed by atoms with E-state index in [9.17, 15) is 9.18 Å². The topological polar surface area (TPSA) is 53.3 Å². The normalized spacial score (nSPS) is 10.5. The molecule has 0 aliphatic heterocycles. The number of hydrogen-bond donors (Lipinski definition) is 0. The molecule has 5 heteroatoms. The van der Waals surface area contributed by atoms with Crippen LogP contribution in [0.3, 0.4) is 0 Å². The van der Waals surface area contributed by atoms with Crippen LogP contribution in [-0.4, -0.2) is 24.5 Å². The smallest absolute Gasteiger partial charge is 0.246 e. The Hall–Kier alpha value is -3.13. The fourth-order valence-corrected chi connectivity index (χ4v) is 2.50. The molecule has 4 nitrogen and oxygen atoms in total. The Morgan fingerprint density at radius 3 is 2.58 bits per heavy atom. The third-order valence-electron chi connectivity index (χ3n) is 3.86. The summed E-state index contributed by atoms with van der Waals surface area (Å²) in [7, 11) is 1.41. The molecule has 0 aromatic heterocycles. The Labute approximate surface area is 153 Å². The molecule has 0 N–H and O–H groups in total. The number of carbonyl (C=O) groups is 1. The van der Waals surface area contributed by atoms with Crippen LogP contribution < -0.4 is 4.74 Å². The van der Waals surface area contributed by atoms with Crippen molar-refractivity contribution in [2.75, 3.05) is 13.7 Å². The van der Waals surface area contributed by atoms with Crippen molar-refractivity contribution in [3.05, 3.63) is 71.0 Å². The van der Waals surface area contributed by atoms with Crippen LogP contribution in [0.5, 0.6) is 5.75 Å². The first-order valence-electron chi connectivity index (χ1n) is 8.37. The van der Waals surface area contributed by atoms with Gasteiger partial charge in [-0.15, -0.1) is 0 Å². The molecular formula is C21H21FN2O2. The Bertz CT molecular complexity index is 823. The summed E-state index contributed by atoms with van der Waals surface area (Å²) in [5.41, 5.74) is 2.13. The van der Waals surface area contributed by atoms with Crippen molar-refractivity contribution < 1.29 is 13.9 Å². The van der Waals surface area contributed by atoms with E-state index in [1.807, 2.05) is 19.1 Å². The second kappa shape index (κ2) is 9.38. The van der Waals surface area contributed by atoms with E-state index in [2.05, 4.69) is 6.07 Å². The number of carbonyl (C=O) groups excluding carboxylic acids is 1. The highest BCUT2D eigenvalue weighted by Crippen LogP contribution is 2.18. The summed E-state index contributed by atoms with van der Waals surface area (Å²) in [6.45, 7) is 3.07. The molecule has 2 rings (SSSR count). The summed E-state index contributed by atoms with van der Waals surface area (Å²) in [6, 6.07) is 13.8. The van der Waals surface area contributed by atoms with Gasteiger partial charge in [0.25, 0.3) is 0 Å². The monoisotopic (exact) mass is 352 g/mol. The molecule has 0 spiro atoms. The number of methoxy groups -OCH3 is 1. The highest BCUT2D eigenvalue weighted by molar-refractivity contribution is 5.91. The lowest BCUT2D eigenvalue weighted by Crippen LogP contribution is -2.29. The number of nitriles is 1. The fraction of sp³-hybridized carbons (Fsp3) is 0.238. The van der Waals surface area contributed by atoms with Crippen LogP contribution >= 0.6 is 0 Å². The van der Waals surface area contributed by atoms with Crippen LogP contribution in [0.2, 0.25) is 0 Å². The molecule has 0 saturated heterocycles. The molecule has 0 atom stereocenters. The minimum atomic E-state index is -0.468. The molecule has 26 heavy (non-hydrogen) atoms. The predicted molar refractivity (Wildman–Crippen MR) is 98.9 cm³/mol. The lowest BCUT2D eigenvalue weighted by atomic mass is 10.1. The number of nitrogens with zero attached hydrogens (tertiary/aromatic N) is 2. The van der Waals surface area contributed by atoms with Crippen molar-refractivity contribution in [3.8, 4) is 11.8 Å². The second-order valence-corrected chi connectivity index (χ2v) is 5.80. The summed E-state index contributed by atoms with van der Waals surface area (Å²) in [6.07, 6.45) is 3.86. The number of benzene rings is 2. The van der Waals surface area contributed by atoms with Crippen molar-refractivity contribution in [2.24, 2.45) is 0 Å². The molecule has 2 aromatic rings. The van der Waals surface area contributed by atoms with Crippen molar-refractivity contribution >= 4 is 12.0 Å². The van der Waals surface area contributed by atoms with Gasteiger partial charge in [-0.1, -0.05) is 25.1 Å². The molecule has 2 aromatic carbocycles. The molecule has 0 heterocycles. The molecule has 0 fully saturated rings. The summed E-state index contributed by atoms with van der Waals surface area (Å²) in [5, 5.41) is 8.86. The van der Waals surface area contributed by atoms with E-state index in [-0.39, 0.29) is 11.7 Å². The third-order valence-corrected chi connectivity index (χ3v) is 3.86. The van der Waals surface area contributed by atoms with E-state index in [0.717, 1.165) is 12.0 Å². The van der Waals surface area contributed by atoms with Gasteiger partial charge in [0.15, 0.2) is 11.6 Å². The first kappa shape index (κ1) is 19.2. The minimum Gasteiger partial charge on any atom is -0.494 e. The first-order chi connectivity index (χ1) is 12.6. The van der Waals surface area contributed by atoms with Crippen molar-refractivity contribution in [1.29, 1.82) is 5.26 Å². The van der Waals surface area contributed by atoms with Crippen molar-refractivity contribution in [2.45, 2.75) is 19.9 Å². The zero-order valence-corrected chi connectivity index (χ0v) is 14.9. The van der Waals surface area contributed by atoms with Crippen molar-refractivity contribution in [3.63, 3.8) is 0 Å². The Morgan fingerprint density at radius 1 is 1.27 bits per heavy atom. The minimum absolute atomic E-state index is 0.146. The maximum absolute atomic E-state index is 13.7. The van der Waals surface area contributed by atoms with Gasteiger partial charge in [0.1, 0.15) is 0 Å². The molecule has 134 valence electrons. The average Bonchev–Trinajstić information content (AvgIpc) is 2.66. The van der Waals surface area contributed by atoms with E-state index in [1.54, 1.807) is 29.2 Å². The first-order valence-corrected chi connectivity index (χ1v) is 8.37. The molecule has 0 unspecified atom stereocenters. The lowest BCUT2D eigenvalue weighted by Gasteiger charge is -2.20. The largest absolute Gasteiger partial charge is 0.494 e. The van der Waals surface area contributed by atoms with Crippen LogP contribution in [-0.2, 0) is 11.3 Å². The Morgan fingerprint density at radius 2 is 2.00 bits per heavy atom. The zero-order valence-electron chi connectivity index (χ0n) is 14.9. The van der Waals surface area contributed by atoms with Gasteiger partial charge in [0.2, 0.25) is 5.91 Å². The number of halogens is 1. The van der Waals surface area contributed by atoms with Crippen LogP contribution in [0.4, 0.5) is 4.39 Å². The average molecular weight is 352 g/mol. The van der Waals surface area contributed by atoms with E-state index >= 15 is 0 Å². The molecular weight excluding hydrogens is 331 g/mol. The highest BCUT2D eigenvalue weighted by atomic mass is 19.1. The SMILES string of the molecule is CCCN(Cc1ccc(C#N)cc1)C(=O)/C=C/c1ccc(OC)c(F)c1. The van der Waals surface area contributed by atoms with Gasteiger partial charge in [-0.25, -0.2) is 4.39 Å². The van der Waals surface area contributed by atoms with Crippen molar-refractivity contribution in [1.82, 2.24) is 4.90 Å². The highest BCUT2D eigenvalue weighted by Gasteiger charge is 2.11. The predicted octanol–water partition coefficient (Wildman–Crippen LogP) is 4.16. The summed E-state index contributed by atoms with van der Waals surface area (Å²) in [5.74, 6) is -0.445. The maximum atomic E-state index is 13.7. The van der Waals surface area contributed by atoms with Gasteiger partial charge < -0.3 is 9.64 Å². The van der Waals surface area contributed by atoms with Crippen LogP contribution in [0.25, 0.3) is 6.08 Å². The quantitative estimate of drug-likeness (QED) is 0.703. The molecule has 1 amide bonds. The molecule has 0 aliphatic carbocycles. The summed E-state index contributed by atoms with van der Waals surface area (Å²) < 4.78 is 18.6. The Balaban J connectivity index is 2.09. The van der Waals surface area contributed by atoms with Crippen LogP contribution in [0, 0.1) is 17.1 Å². The van der Waals surface area contributed by atoms with Crippen LogP contribution in [0.1, 0.15) is 30.0 Å². The van der Waals surface area contributed by atoms with Gasteiger partial charge in [0.05, 0.1) is 18.7 Å². The molecule has 0 aliphatic rings. The molecule has 0 saturated carbocycles. The van der Waals surface area contributed by atoms with E-state index in [0.29, 0.717) is 24.2 Å². The summed E-state index contributed by atoms with van der Waals surface area (Å²) >= 11 is 0. The van der Waals surface area contributed by atoms with E-state index in [1.165, 1.54) is 25.3 Å². The number of amides is 1. The van der Waals surface area contributed by atoms with E-state index in [4.69, 9.17) is 10.00 Å². The van der Waals surface area contributed by atoms with Gasteiger partial charge in [0, 0.05) is 19.2 Å². The fourth-order valence-electron chi connectivity index (χ4n) is 2.50. The second-order valence-electron chi connectivity index (χ2n) is 5.80. The van der Waals surface area contributed by atoms with Gasteiger partial charge in [-0.2, -0.15) is 5.26 Å². The van der Waals surface area contributed by atoms with Gasteiger partial charge >= 0.3 is 0 Å². The number of ether oxygens (including phenoxy) is 1. The lowest BCUT2D eigenvalue weighted by molar-refractivity contribution is -0.126. The zero-order chi connectivity index (χ0) is 18.9. The van der Waals surface area contributed by atoms with E-state index < -0.39 is 5.82 Å². The number of rotatable bonds is 7. The standard InChI is InChI=1S/C21H21FN2O2/c1-3-12-24(15-18-6-4-17(14-23)5-7-18)21(25)11-9-16-8-10-20(26-2)19(22)13-16/h4-11,13H,3,12,15H2,1-2H3/b11-9+. The van der Waals surface area contributed by atoms with Gasteiger partial charge in [-0.3, -0.25) is 4.79 Å². The Kier molecular flexibility index (Phi) is 6.92.